The standard InChI is InChI=1S/C19H23N3/c1-13(2)19-20-11-16-17(21-19)10-15-8-9-18(16)22(15)12-14-6-4-3-5-7-14/h3-7,11,13,15,18H,8-10,12H2,1-2H3/t15-,18+/m0/s1. The molecule has 3 heterocycles. The normalized spacial score (nSPS) is 23.8. The van der Waals surface area contributed by atoms with Crippen molar-refractivity contribution in [3.8, 4) is 0 Å². The fourth-order valence-electron chi connectivity index (χ4n) is 3.91. The highest BCUT2D eigenvalue weighted by Gasteiger charge is 2.40. The van der Waals surface area contributed by atoms with E-state index >= 15 is 0 Å². The first-order valence-corrected chi connectivity index (χ1v) is 8.37. The molecule has 0 N–H and O–H groups in total. The first kappa shape index (κ1) is 13.9. The third kappa shape index (κ3) is 2.34. The van der Waals surface area contributed by atoms with E-state index in [1.54, 1.807) is 0 Å². The third-order valence-electron chi connectivity index (χ3n) is 5.07. The van der Waals surface area contributed by atoms with E-state index in [2.05, 4.69) is 60.3 Å². The van der Waals surface area contributed by atoms with Crippen LogP contribution in [0, 0.1) is 0 Å². The van der Waals surface area contributed by atoms with Crippen LogP contribution in [-0.4, -0.2) is 20.9 Å². The predicted molar refractivity (Wildman–Crippen MR) is 87.6 cm³/mol. The summed E-state index contributed by atoms with van der Waals surface area (Å²) in [6.07, 6.45) is 5.71. The second-order valence-electron chi connectivity index (χ2n) is 6.89. The predicted octanol–water partition coefficient (Wildman–Crippen LogP) is 3.86. The Morgan fingerprint density at radius 3 is 2.77 bits per heavy atom. The van der Waals surface area contributed by atoms with Gasteiger partial charge in [0.15, 0.2) is 0 Å². The van der Waals surface area contributed by atoms with Crippen LogP contribution in [0.4, 0.5) is 0 Å². The molecule has 1 saturated heterocycles. The van der Waals surface area contributed by atoms with Gasteiger partial charge >= 0.3 is 0 Å². The summed E-state index contributed by atoms with van der Waals surface area (Å²) >= 11 is 0. The zero-order valence-corrected chi connectivity index (χ0v) is 13.4. The van der Waals surface area contributed by atoms with Gasteiger partial charge in [-0.05, 0) is 18.4 Å². The molecule has 0 unspecified atom stereocenters. The smallest absolute Gasteiger partial charge is 0.131 e. The van der Waals surface area contributed by atoms with Crippen LogP contribution in [0.15, 0.2) is 36.5 Å². The first-order valence-electron chi connectivity index (χ1n) is 8.37. The maximum absolute atomic E-state index is 4.86. The lowest BCUT2D eigenvalue weighted by molar-refractivity contribution is 0.166. The van der Waals surface area contributed by atoms with Gasteiger partial charge in [-0.2, -0.15) is 0 Å². The molecular formula is C19H23N3. The van der Waals surface area contributed by atoms with E-state index in [0.29, 0.717) is 18.0 Å². The van der Waals surface area contributed by atoms with Crippen LogP contribution in [0.1, 0.15) is 61.3 Å². The minimum absolute atomic E-state index is 0.408. The Morgan fingerprint density at radius 2 is 2.00 bits per heavy atom. The molecule has 2 aromatic rings. The Kier molecular flexibility index (Phi) is 3.45. The van der Waals surface area contributed by atoms with Gasteiger partial charge in [0.2, 0.25) is 0 Å². The van der Waals surface area contributed by atoms with Crippen molar-refractivity contribution < 1.29 is 0 Å². The van der Waals surface area contributed by atoms with E-state index in [-0.39, 0.29) is 0 Å². The second kappa shape index (κ2) is 5.47. The molecule has 1 aromatic carbocycles. The van der Waals surface area contributed by atoms with E-state index in [4.69, 9.17) is 4.98 Å². The Hall–Kier alpha value is -1.74. The quantitative estimate of drug-likeness (QED) is 0.860. The van der Waals surface area contributed by atoms with Crippen LogP contribution in [0.3, 0.4) is 0 Å². The van der Waals surface area contributed by atoms with Crippen molar-refractivity contribution in [2.24, 2.45) is 0 Å². The van der Waals surface area contributed by atoms with Crippen molar-refractivity contribution >= 4 is 0 Å². The van der Waals surface area contributed by atoms with Crippen LogP contribution >= 0.6 is 0 Å². The summed E-state index contributed by atoms with van der Waals surface area (Å²) in [7, 11) is 0. The average Bonchev–Trinajstić information content (AvgIpc) is 2.80. The monoisotopic (exact) mass is 293 g/mol. The van der Waals surface area contributed by atoms with Crippen LogP contribution in [0.5, 0.6) is 0 Å². The maximum atomic E-state index is 4.86. The van der Waals surface area contributed by atoms with Crippen molar-refractivity contribution in [3.63, 3.8) is 0 Å². The van der Waals surface area contributed by atoms with Gasteiger partial charge in [0.05, 0.1) is 5.69 Å². The molecule has 0 saturated carbocycles. The molecule has 4 rings (SSSR count). The van der Waals surface area contributed by atoms with Crippen molar-refractivity contribution in [1.82, 2.24) is 14.9 Å². The van der Waals surface area contributed by atoms with Gasteiger partial charge in [-0.15, -0.1) is 0 Å². The lowest BCUT2D eigenvalue weighted by Crippen LogP contribution is -2.37. The van der Waals surface area contributed by atoms with Crippen molar-refractivity contribution in [1.29, 1.82) is 0 Å². The molecule has 1 fully saturated rings. The van der Waals surface area contributed by atoms with Gasteiger partial charge in [-0.1, -0.05) is 44.2 Å². The van der Waals surface area contributed by atoms with Crippen molar-refractivity contribution in [2.45, 2.75) is 57.7 Å². The number of fused-ring (bicyclic) bond motifs is 4. The zero-order valence-electron chi connectivity index (χ0n) is 13.4. The van der Waals surface area contributed by atoms with Gasteiger partial charge in [-0.3, -0.25) is 4.90 Å². The van der Waals surface area contributed by atoms with E-state index in [1.807, 2.05) is 0 Å². The maximum Gasteiger partial charge on any atom is 0.131 e. The molecule has 3 heteroatoms. The zero-order chi connectivity index (χ0) is 15.1. The van der Waals surface area contributed by atoms with Crippen LogP contribution < -0.4 is 0 Å². The minimum atomic E-state index is 0.408. The van der Waals surface area contributed by atoms with Gasteiger partial charge in [-0.25, -0.2) is 9.97 Å². The molecule has 0 radical (unpaired) electrons. The lowest BCUT2D eigenvalue weighted by atomic mass is 9.98. The number of hydrogen-bond donors (Lipinski definition) is 0. The highest BCUT2D eigenvalue weighted by Crippen LogP contribution is 2.43. The van der Waals surface area contributed by atoms with Crippen molar-refractivity contribution in [3.05, 3.63) is 59.2 Å². The molecule has 0 spiro atoms. The van der Waals surface area contributed by atoms with Crippen LogP contribution in [-0.2, 0) is 13.0 Å². The van der Waals surface area contributed by atoms with Gasteiger partial charge in [0.1, 0.15) is 5.82 Å². The number of aromatic nitrogens is 2. The van der Waals surface area contributed by atoms with Crippen molar-refractivity contribution in [2.75, 3.05) is 0 Å². The second-order valence-corrected chi connectivity index (χ2v) is 6.89. The molecule has 2 aliphatic heterocycles. The fraction of sp³-hybridized carbons (Fsp3) is 0.474. The Bertz CT molecular complexity index is 666. The van der Waals surface area contributed by atoms with E-state index in [0.717, 1.165) is 18.8 Å². The summed E-state index contributed by atoms with van der Waals surface area (Å²) in [6.45, 7) is 5.38. The molecule has 3 nitrogen and oxygen atoms in total. The topological polar surface area (TPSA) is 29.0 Å². The van der Waals surface area contributed by atoms with E-state index < -0.39 is 0 Å². The molecule has 22 heavy (non-hydrogen) atoms. The fourth-order valence-corrected chi connectivity index (χ4v) is 3.91. The number of benzene rings is 1. The van der Waals surface area contributed by atoms with E-state index in [9.17, 15) is 0 Å². The summed E-state index contributed by atoms with van der Waals surface area (Å²) in [5.74, 6) is 1.40. The Balaban J connectivity index is 1.63. The summed E-state index contributed by atoms with van der Waals surface area (Å²) in [4.78, 5) is 12.1. The average molecular weight is 293 g/mol. The largest absolute Gasteiger partial charge is 0.289 e. The lowest BCUT2D eigenvalue weighted by Gasteiger charge is -2.35. The summed E-state index contributed by atoms with van der Waals surface area (Å²) in [5.41, 5.74) is 4.08. The van der Waals surface area contributed by atoms with Gasteiger partial charge in [0.25, 0.3) is 0 Å². The van der Waals surface area contributed by atoms with E-state index in [1.165, 1.54) is 29.7 Å². The summed E-state index contributed by atoms with van der Waals surface area (Å²) in [5, 5.41) is 0. The summed E-state index contributed by atoms with van der Waals surface area (Å²) < 4.78 is 0. The minimum Gasteiger partial charge on any atom is -0.289 e. The first-order chi connectivity index (χ1) is 10.7. The number of hydrogen-bond acceptors (Lipinski definition) is 3. The Morgan fingerprint density at radius 1 is 1.18 bits per heavy atom. The van der Waals surface area contributed by atoms with Gasteiger partial charge in [0, 0.05) is 42.7 Å². The SMILES string of the molecule is CC(C)c1ncc2c(n1)C[C@@H]1CC[C@H]2N1Cc1ccccc1. The van der Waals surface area contributed by atoms with Crippen LogP contribution in [0.25, 0.3) is 0 Å². The third-order valence-corrected chi connectivity index (χ3v) is 5.07. The number of rotatable bonds is 3. The molecule has 114 valence electrons. The highest BCUT2D eigenvalue weighted by atomic mass is 15.2. The van der Waals surface area contributed by atoms with Gasteiger partial charge < -0.3 is 0 Å². The Labute approximate surface area is 132 Å². The molecule has 1 aromatic heterocycles. The molecule has 2 atom stereocenters. The molecular weight excluding hydrogens is 270 g/mol. The number of nitrogens with zero attached hydrogens (tertiary/aromatic N) is 3. The van der Waals surface area contributed by atoms with Crippen LogP contribution in [0.2, 0.25) is 0 Å². The molecule has 2 bridgehead atoms. The molecule has 2 aliphatic rings. The molecule has 0 aliphatic carbocycles. The summed E-state index contributed by atoms with van der Waals surface area (Å²) in [6, 6.07) is 12.0. The highest BCUT2D eigenvalue weighted by molar-refractivity contribution is 5.30. The molecule has 0 amide bonds.